The summed E-state index contributed by atoms with van der Waals surface area (Å²) in [6, 6.07) is 4.81. The van der Waals surface area contributed by atoms with Crippen LogP contribution < -0.4 is 5.32 Å². The van der Waals surface area contributed by atoms with E-state index in [9.17, 15) is 9.18 Å². The molecule has 5 nitrogen and oxygen atoms in total. The summed E-state index contributed by atoms with van der Waals surface area (Å²) in [5.74, 6) is 0.830. The second-order valence-corrected chi connectivity index (χ2v) is 8.00. The van der Waals surface area contributed by atoms with E-state index in [4.69, 9.17) is 4.52 Å². The largest absolute Gasteiger partial charge is 0.351 e. The van der Waals surface area contributed by atoms with Crippen LogP contribution in [0.2, 0.25) is 0 Å². The van der Waals surface area contributed by atoms with Crippen LogP contribution in [-0.4, -0.2) is 26.8 Å². The summed E-state index contributed by atoms with van der Waals surface area (Å²) in [6.07, 6.45) is 0. The van der Waals surface area contributed by atoms with E-state index < -0.39 is 0 Å². The van der Waals surface area contributed by atoms with Gasteiger partial charge in [0.15, 0.2) is 0 Å². The van der Waals surface area contributed by atoms with Gasteiger partial charge in [-0.1, -0.05) is 17.3 Å². The van der Waals surface area contributed by atoms with Crippen LogP contribution >= 0.6 is 11.8 Å². The van der Waals surface area contributed by atoms with Gasteiger partial charge in [-0.2, -0.15) is 4.98 Å². The molecule has 1 atom stereocenters. The van der Waals surface area contributed by atoms with Crippen LogP contribution in [0.5, 0.6) is 0 Å². The van der Waals surface area contributed by atoms with Crippen molar-refractivity contribution in [1.82, 2.24) is 15.5 Å². The maximum absolute atomic E-state index is 13.6. The van der Waals surface area contributed by atoms with Crippen molar-refractivity contribution in [2.24, 2.45) is 0 Å². The molecule has 1 unspecified atom stereocenters. The predicted molar refractivity (Wildman–Crippen MR) is 93.1 cm³/mol. The lowest BCUT2D eigenvalue weighted by molar-refractivity contribution is -0.121. The van der Waals surface area contributed by atoms with Crippen LogP contribution in [0.4, 0.5) is 4.39 Å². The summed E-state index contributed by atoms with van der Waals surface area (Å²) in [7, 11) is 0. The molecule has 2 rings (SSSR count). The number of benzene rings is 1. The van der Waals surface area contributed by atoms with Gasteiger partial charge in [-0.25, -0.2) is 4.39 Å². The maximum Gasteiger partial charge on any atom is 0.236 e. The van der Waals surface area contributed by atoms with Crippen molar-refractivity contribution in [3.8, 4) is 11.4 Å². The Morgan fingerprint density at radius 1 is 1.42 bits per heavy atom. The highest BCUT2D eigenvalue weighted by Crippen LogP contribution is 2.22. The normalized spacial score (nSPS) is 12.9. The molecule has 0 saturated carbocycles. The van der Waals surface area contributed by atoms with Crippen LogP contribution in [0.25, 0.3) is 11.4 Å². The molecule has 1 amide bonds. The van der Waals surface area contributed by atoms with Crippen molar-refractivity contribution in [2.75, 3.05) is 0 Å². The molecule has 0 fully saturated rings. The van der Waals surface area contributed by atoms with Gasteiger partial charge in [0, 0.05) is 11.1 Å². The summed E-state index contributed by atoms with van der Waals surface area (Å²) in [5, 5.41) is 6.56. The molecule has 0 aliphatic rings. The third kappa shape index (κ3) is 5.06. The van der Waals surface area contributed by atoms with Crippen LogP contribution in [-0.2, 0) is 10.5 Å². The van der Waals surface area contributed by atoms with Gasteiger partial charge in [-0.05, 0) is 46.2 Å². The second kappa shape index (κ2) is 7.34. The zero-order valence-corrected chi connectivity index (χ0v) is 15.3. The van der Waals surface area contributed by atoms with Crippen molar-refractivity contribution < 1.29 is 13.7 Å². The summed E-state index contributed by atoms with van der Waals surface area (Å²) in [5.41, 5.74) is 0.868. The monoisotopic (exact) mass is 351 g/mol. The first-order valence-electron chi connectivity index (χ1n) is 7.68. The lowest BCUT2D eigenvalue weighted by Gasteiger charge is -2.22. The van der Waals surface area contributed by atoms with Gasteiger partial charge in [-0.15, -0.1) is 11.8 Å². The molecule has 0 aliphatic heterocycles. The highest BCUT2D eigenvalue weighted by molar-refractivity contribution is 7.99. The van der Waals surface area contributed by atoms with E-state index in [1.807, 2.05) is 27.7 Å². The maximum atomic E-state index is 13.6. The van der Waals surface area contributed by atoms with E-state index in [0.717, 1.165) is 0 Å². The van der Waals surface area contributed by atoms with E-state index in [1.165, 1.54) is 17.8 Å². The molecule has 0 spiro atoms. The van der Waals surface area contributed by atoms with Crippen LogP contribution in [0.15, 0.2) is 22.7 Å². The fourth-order valence-corrected chi connectivity index (χ4v) is 2.63. The zero-order valence-electron chi connectivity index (χ0n) is 14.5. The van der Waals surface area contributed by atoms with E-state index in [-0.39, 0.29) is 22.5 Å². The number of nitrogens with zero attached hydrogens (tertiary/aromatic N) is 2. The summed E-state index contributed by atoms with van der Waals surface area (Å²) < 4.78 is 18.8. The van der Waals surface area contributed by atoms with Crippen LogP contribution in [0, 0.1) is 12.7 Å². The van der Waals surface area contributed by atoms with Gasteiger partial charge >= 0.3 is 0 Å². The first-order chi connectivity index (χ1) is 11.2. The summed E-state index contributed by atoms with van der Waals surface area (Å²) in [6.45, 7) is 9.34. The van der Waals surface area contributed by atoms with Crippen molar-refractivity contribution in [3.63, 3.8) is 0 Å². The molecule has 7 heteroatoms. The topological polar surface area (TPSA) is 68.0 Å². The van der Waals surface area contributed by atoms with Gasteiger partial charge in [0.25, 0.3) is 0 Å². The van der Waals surface area contributed by atoms with Gasteiger partial charge in [0.1, 0.15) is 5.82 Å². The van der Waals surface area contributed by atoms with Gasteiger partial charge in [-0.3, -0.25) is 4.79 Å². The number of thioether (sulfide) groups is 1. The lowest BCUT2D eigenvalue weighted by atomic mass is 10.1. The first kappa shape index (κ1) is 18.4. The van der Waals surface area contributed by atoms with Crippen molar-refractivity contribution in [1.29, 1.82) is 0 Å². The Bertz CT molecular complexity index is 725. The molecule has 1 aromatic heterocycles. The molecule has 1 aromatic carbocycles. The van der Waals surface area contributed by atoms with Gasteiger partial charge in [0.2, 0.25) is 17.6 Å². The summed E-state index contributed by atoms with van der Waals surface area (Å²) >= 11 is 1.41. The quantitative estimate of drug-likeness (QED) is 0.889. The Labute approximate surface area is 145 Å². The molecular formula is C17H22FN3O2S. The number of aromatic nitrogens is 2. The number of amides is 1. The highest BCUT2D eigenvalue weighted by Gasteiger charge is 2.20. The number of hydrogen-bond donors (Lipinski definition) is 1. The minimum atomic E-state index is -0.305. The minimum absolute atomic E-state index is 0.0344. The number of nitrogens with one attached hydrogen (secondary N) is 1. The number of rotatable bonds is 5. The minimum Gasteiger partial charge on any atom is -0.351 e. The number of carbonyl (C=O) groups excluding carboxylic acids is 1. The van der Waals surface area contributed by atoms with E-state index in [0.29, 0.717) is 28.6 Å². The number of hydrogen-bond acceptors (Lipinski definition) is 5. The van der Waals surface area contributed by atoms with Crippen LogP contribution in [0.3, 0.4) is 0 Å². The molecule has 0 radical (unpaired) electrons. The molecule has 24 heavy (non-hydrogen) atoms. The molecule has 1 N–H and O–H groups in total. The number of halogens is 1. The SMILES string of the molecule is Cc1ccc(-c2noc(CSC(C)C(=O)NC(C)(C)C)n2)cc1F. The lowest BCUT2D eigenvalue weighted by Crippen LogP contribution is -2.44. The molecule has 0 aliphatic carbocycles. The Hall–Kier alpha value is -1.89. The molecule has 0 bridgehead atoms. The van der Waals surface area contributed by atoms with E-state index in [1.54, 1.807) is 19.1 Å². The van der Waals surface area contributed by atoms with E-state index >= 15 is 0 Å². The highest BCUT2D eigenvalue weighted by atomic mass is 32.2. The Morgan fingerprint density at radius 3 is 2.75 bits per heavy atom. The average Bonchev–Trinajstić information content (AvgIpc) is 2.94. The molecule has 130 valence electrons. The Balaban J connectivity index is 1.96. The standard InChI is InChI=1S/C17H22FN3O2S/c1-10-6-7-12(8-13(10)18)15-19-14(23-21-15)9-24-11(2)16(22)20-17(3,4)5/h6-8,11H,9H2,1-5H3,(H,20,22). The Morgan fingerprint density at radius 2 is 2.12 bits per heavy atom. The Kier molecular flexibility index (Phi) is 5.64. The number of aryl methyl sites for hydroxylation is 1. The van der Waals surface area contributed by atoms with Crippen molar-refractivity contribution >= 4 is 17.7 Å². The van der Waals surface area contributed by atoms with Crippen molar-refractivity contribution in [3.05, 3.63) is 35.5 Å². The smallest absolute Gasteiger partial charge is 0.236 e. The average molecular weight is 351 g/mol. The van der Waals surface area contributed by atoms with E-state index in [2.05, 4.69) is 15.5 Å². The third-order valence-electron chi connectivity index (χ3n) is 3.22. The fraction of sp³-hybridized carbons (Fsp3) is 0.471. The van der Waals surface area contributed by atoms with Crippen molar-refractivity contribution in [2.45, 2.75) is 51.2 Å². The molecule has 2 aromatic rings. The second-order valence-electron chi connectivity index (χ2n) is 6.67. The third-order valence-corrected chi connectivity index (χ3v) is 4.35. The predicted octanol–water partition coefficient (Wildman–Crippen LogP) is 3.72. The zero-order chi connectivity index (χ0) is 17.9. The number of carbonyl (C=O) groups is 1. The summed E-state index contributed by atoms with van der Waals surface area (Å²) in [4.78, 5) is 16.3. The fourth-order valence-electron chi connectivity index (χ4n) is 1.91. The van der Waals surface area contributed by atoms with Crippen LogP contribution in [0.1, 0.15) is 39.1 Å². The molecule has 1 heterocycles. The first-order valence-corrected chi connectivity index (χ1v) is 8.73. The molecular weight excluding hydrogens is 329 g/mol. The van der Waals surface area contributed by atoms with Gasteiger partial charge in [0.05, 0.1) is 11.0 Å². The molecule has 0 saturated heterocycles. The van der Waals surface area contributed by atoms with Gasteiger partial charge < -0.3 is 9.84 Å².